The average molecular weight is 316 g/mol. The van der Waals surface area contributed by atoms with E-state index in [2.05, 4.69) is 31.5 Å². The second-order valence-corrected chi connectivity index (χ2v) is 4.53. The minimum atomic E-state index is -0.609. The Balaban J connectivity index is 2.11. The van der Waals surface area contributed by atoms with Crippen LogP contribution in [0.25, 0.3) is 0 Å². The highest BCUT2D eigenvalue weighted by Gasteiger charge is 2.26. The number of carbonyl (C=O) groups excluding carboxylic acids is 2. The van der Waals surface area contributed by atoms with E-state index in [4.69, 9.17) is 0 Å². The highest BCUT2D eigenvalue weighted by molar-refractivity contribution is 9.08. The van der Waals surface area contributed by atoms with E-state index in [0.29, 0.717) is 17.6 Å². The maximum Gasteiger partial charge on any atom is 0.249 e. The summed E-state index contributed by atoms with van der Waals surface area (Å²) in [4.78, 5) is 26.2. The number of nitrogens with zero attached hydrogens (tertiary/aromatic N) is 1. The molecule has 0 spiro atoms. The molecule has 2 rings (SSSR count). The topological polar surface area (TPSA) is 71.1 Å². The Morgan fingerprint density at radius 2 is 2.28 bits per heavy atom. The molecule has 2 N–H and O–H groups in total. The molecule has 1 aliphatic rings. The lowest BCUT2D eigenvalue weighted by molar-refractivity contribution is -0.133. The van der Waals surface area contributed by atoms with E-state index in [9.17, 15) is 14.0 Å². The normalized spacial score (nSPS) is 19.6. The number of rotatable bonds is 3. The Hall–Kier alpha value is -1.50. The zero-order chi connectivity index (χ0) is 13.1. The molecule has 18 heavy (non-hydrogen) atoms. The molecule has 1 unspecified atom stereocenters. The largest absolute Gasteiger partial charge is 0.358 e. The zero-order valence-corrected chi connectivity index (χ0v) is 11.0. The molecule has 7 heteroatoms. The SMILES string of the molecule is O=C1CCC(Nc2cc(CBr)cc(F)n2)C(=O)N1. The number of hydrogen-bond donors (Lipinski definition) is 2. The van der Waals surface area contributed by atoms with E-state index < -0.39 is 17.9 Å². The summed E-state index contributed by atoms with van der Waals surface area (Å²) in [5, 5.41) is 5.55. The van der Waals surface area contributed by atoms with Crippen molar-refractivity contribution in [2.75, 3.05) is 5.32 Å². The minimum absolute atomic E-state index is 0.268. The Morgan fingerprint density at radius 3 is 2.94 bits per heavy atom. The quantitative estimate of drug-likeness (QED) is 0.501. The van der Waals surface area contributed by atoms with Crippen molar-refractivity contribution in [3.63, 3.8) is 0 Å². The van der Waals surface area contributed by atoms with Gasteiger partial charge in [-0.25, -0.2) is 4.98 Å². The fraction of sp³-hybridized carbons (Fsp3) is 0.364. The first-order chi connectivity index (χ1) is 8.58. The average Bonchev–Trinajstić information content (AvgIpc) is 2.32. The molecule has 1 saturated heterocycles. The molecule has 1 aromatic heterocycles. The molecule has 0 bridgehead atoms. The summed E-state index contributed by atoms with van der Waals surface area (Å²) < 4.78 is 13.2. The van der Waals surface area contributed by atoms with Crippen LogP contribution in [0.15, 0.2) is 12.1 Å². The summed E-state index contributed by atoms with van der Waals surface area (Å²) in [6, 6.07) is 2.41. The second kappa shape index (κ2) is 5.43. The van der Waals surface area contributed by atoms with Gasteiger partial charge in [0.15, 0.2) is 0 Å². The van der Waals surface area contributed by atoms with Gasteiger partial charge in [0.2, 0.25) is 17.8 Å². The van der Waals surface area contributed by atoms with Crippen molar-refractivity contribution in [1.29, 1.82) is 0 Å². The van der Waals surface area contributed by atoms with Gasteiger partial charge in [0.25, 0.3) is 0 Å². The van der Waals surface area contributed by atoms with Crippen molar-refractivity contribution < 1.29 is 14.0 Å². The number of hydrogen-bond acceptors (Lipinski definition) is 4. The monoisotopic (exact) mass is 315 g/mol. The summed E-state index contributed by atoms with van der Waals surface area (Å²) >= 11 is 3.22. The van der Waals surface area contributed by atoms with Crippen LogP contribution >= 0.6 is 15.9 Å². The molecule has 0 saturated carbocycles. The van der Waals surface area contributed by atoms with E-state index in [-0.39, 0.29) is 12.3 Å². The van der Waals surface area contributed by atoms with Gasteiger partial charge in [-0.05, 0) is 24.1 Å². The molecule has 1 fully saturated rings. The molecule has 0 aromatic carbocycles. The summed E-state index contributed by atoms with van der Waals surface area (Å²) in [7, 11) is 0. The summed E-state index contributed by atoms with van der Waals surface area (Å²) in [6.45, 7) is 0. The van der Waals surface area contributed by atoms with Crippen LogP contribution in [0.2, 0.25) is 0 Å². The maximum atomic E-state index is 13.2. The third-order valence-corrected chi connectivity index (χ3v) is 3.22. The van der Waals surface area contributed by atoms with Gasteiger partial charge in [-0.2, -0.15) is 4.39 Å². The number of pyridine rings is 1. The van der Waals surface area contributed by atoms with Gasteiger partial charge < -0.3 is 5.32 Å². The van der Waals surface area contributed by atoms with Crippen molar-refractivity contribution in [3.05, 3.63) is 23.6 Å². The number of anilines is 1. The zero-order valence-electron chi connectivity index (χ0n) is 9.37. The minimum Gasteiger partial charge on any atom is -0.358 e. The van der Waals surface area contributed by atoms with Gasteiger partial charge in [-0.3, -0.25) is 14.9 Å². The Labute approximate surface area is 111 Å². The summed E-state index contributed by atoms with van der Waals surface area (Å²) in [5.74, 6) is -1.01. The number of carbonyl (C=O) groups is 2. The maximum absolute atomic E-state index is 13.2. The smallest absolute Gasteiger partial charge is 0.249 e. The van der Waals surface area contributed by atoms with Crippen molar-refractivity contribution in [1.82, 2.24) is 10.3 Å². The van der Waals surface area contributed by atoms with Crippen molar-refractivity contribution in [3.8, 4) is 0 Å². The van der Waals surface area contributed by atoms with E-state index >= 15 is 0 Å². The first-order valence-corrected chi connectivity index (χ1v) is 6.53. The van der Waals surface area contributed by atoms with Crippen LogP contribution in [-0.4, -0.2) is 22.8 Å². The van der Waals surface area contributed by atoms with Crippen LogP contribution in [0, 0.1) is 5.95 Å². The molecule has 96 valence electrons. The van der Waals surface area contributed by atoms with Gasteiger partial charge in [0.1, 0.15) is 11.9 Å². The Kier molecular flexibility index (Phi) is 3.90. The summed E-state index contributed by atoms with van der Waals surface area (Å²) in [6.07, 6.45) is 0.649. The third kappa shape index (κ3) is 3.04. The number of imide groups is 1. The first kappa shape index (κ1) is 12.9. The van der Waals surface area contributed by atoms with Gasteiger partial charge in [-0.15, -0.1) is 0 Å². The predicted octanol–water partition coefficient (Wildman–Crippen LogP) is 1.33. The standard InChI is InChI=1S/C11H11BrFN3O2/c12-5-6-3-8(13)15-9(4-6)14-7-1-2-10(17)16-11(7)18/h3-4,7H,1-2,5H2,(H,14,15)(H,16,17,18). The van der Waals surface area contributed by atoms with Gasteiger partial charge in [-0.1, -0.05) is 15.9 Å². The van der Waals surface area contributed by atoms with Crippen LogP contribution in [-0.2, 0) is 14.9 Å². The van der Waals surface area contributed by atoms with E-state index in [1.54, 1.807) is 6.07 Å². The number of alkyl halides is 1. The number of nitrogens with one attached hydrogen (secondary N) is 2. The number of aromatic nitrogens is 1. The molecule has 1 aliphatic heterocycles. The van der Waals surface area contributed by atoms with Crippen LogP contribution < -0.4 is 10.6 Å². The van der Waals surface area contributed by atoms with Crippen LogP contribution in [0.1, 0.15) is 18.4 Å². The number of amides is 2. The molecule has 1 atom stereocenters. The lowest BCUT2D eigenvalue weighted by Gasteiger charge is -2.22. The van der Waals surface area contributed by atoms with Crippen LogP contribution in [0.3, 0.4) is 0 Å². The molecule has 2 amide bonds. The fourth-order valence-corrected chi connectivity index (χ4v) is 2.03. The van der Waals surface area contributed by atoms with Gasteiger partial charge >= 0.3 is 0 Å². The molecule has 2 heterocycles. The molecule has 1 aromatic rings. The van der Waals surface area contributed by atoms with E-state index in [0.717, 1.165) is 5.56 Å². The lowest BCUT2D eigenvalue weighted by Crippen LogP contribution is -2.47. The Morgan fingerprint density at radius 1 is 1.50 bits per heavy atom. The molecular formula is C11H11BrFN3O2. The number of piperidine rings is 1. The van der Waals surface area contributed by atoms with Crippen LogP contribution in [0.4, 0.5) is 10.2 Å². The summed E-state index contributed by atoms with van der Waals surface area (Å²) in [5.41, 5.74) is 0.720. The highest BCUT2D eigenvalue weighted by atomic mass is 79.9. The lowest BCUT2D eigenvalue weighted by atomic mass is 10.1. The van der Waals surface area contributed by atoms with Gasteiger partial charge in [0, 0.05) is 11.8 Å². The second-order valence-electron chi connectivity index (χ2n) is 3.97. The van der Waals surface area contributed by atoms with E-state index in [1.165, 1.54) is 6.07 Å². The van der Waals surface area contributed by atoms with Crippen molar-refractivity contribution >= 4 is 33.6 Å². The van der Waals surface area contributed by atoms with Crippen molar-refractivity contribution in [2.45, 2.75) is 24.2 Å². The predicted molar refractivity (Wildman–Crippen MR) is 66.6 cm³/mol. The van der Waals surface area contributed by atoms with E-state index in [1.807, 2.05) is 0 Å². The first-order valence-electron chi connectivity index (χ1n) is 5.41. The third-order valence-electron chi connectivity index (χ3n) is 2.57. The molecular weight excluding hydrogens is 305 g/mol. The highest BCUT2D eigenvalue weighted by Crippen LogP contribution is 2.16. The van der Waals surface area contributed by atoms with Crippen LogP contribution in [0.5, 0.6) is 0 Å². The molecule has 0 aliphatic carbocycles. The van der Waals surface area contributed by atoms with Gasteiger partial charge in [0.05, 0.1) is 0 Å². The fourth-order valence-electron chi connectivity index (χ4n) is 1.71. The molecule has 5 nitrogen and oxygen atoms in total. The van der Waals surface area contributed by atoms with Crippen molar-refractivity contribution in [2.24, 2.45) is 0 Å². The number of halogens is 2. The molecule has 0 radical (unpaired) electrons. The Bertz CT molecular complexity index is 495.